The standard InChI is InChI=1S/C12H20N4O3/c1-8-6-13-4-5-15(8)9(17)7-16-10(18)12(2,3)14-11(16)19/h8,13H,4-7H2,1-3H3,(H,14,19)/t8-/m0/s1. The maximum absolute atomic E-state index is 12.2. The number of rotatable bonds is 2. The first-order valence-corrected chi connectivity index (χ1v) is 6.47. The van der Waals surface area contributed by atoms with Crippen LogP contribution >= 0.6 is 0 Å². The number of carbonyl (C=O) groups excluding carboxylic acids is 3. The molecule has 19 heavy (non-hydrogen) atoms. The lowest BCUT2D eigenvalue weighted by Crippen LogP contribution is -2.55. The summed E-state index contributed by atoms with van der Waals surface area (Å²) >= 11 is 0. The number of urea groups is 1. The van der Waals surface area contributed by atoms with Gasteiger partial charge in [-0.25, -0.2) is 4.79 Å². The van der Waals surface area contributed by atoms with E-state index in [9.17, 15) is 14.4 Å². The number of imide groups is 1. The Labute approximate surface area is 112 Å². The summed E-state index contributed by atoms with van der Waals surface area (Å²) in [6.07, 6.45) is 0. The van der Waals surface area contributed by atoms with E-state index >= 15 is 0 Å². The molecule has 2 N–H and O–H groups in total. The lowest BCUT2D eigenvalue weighted by atomic mass is 10.1. The molecule has 2 aliphatic rings. The van der Waals surface area contributed by atoms with E-state index in [-0.39, 0.29) is 24.4 Å². The molecule has 4 amide bonds. The van der Waals surface area contributed by atoms with Crippen LogP contribution in [0.2, 0.25) is 0 Å². The maximum atomic E-state index is 12.2. The van der Waals surface area contributed by atoms with Crippen LogP contribution in [-0.2, 0) is 9.59 Å². The first-order chi connectivity index (χ1) is 8.83. The Kier molecular flexibility index (Phi) is 3.49. The molecular weight excluding hydrogens is 248 g/mol. The molecular formula is C12H20N4O3. The molecule has 2 fully saturated rings. The second-order valence-corrected chi connectivity index (χ2v) is 5.59. The van der Waals surface area contributed by atoms with Crippen molar-refractivity contribution in [1.29, 1.82) is 0 Å². The lowest BCUT2D eigenvalue weighted by molar-refractivity contribution is -0.140. The van der Waals surface area contributed by atoms with Gasteiger partial charge in [0.1, 0.15) is 12.1 Å². The van der Waals surface area contributed by atoms with Crippen LogP contribution < -0.4 is 10.6 Å². The van der Waals surface area contributed by atoms with Crippen LogP contribution in [0.3, 0.4) is 0 Å². The minimum absolute atomic E-state index is 0.0787. The van der Waals surface area contributed by atoms with E-state index in [2.05, 4.69) is 10.6 Å². The predicted molar refractivity (Wildman–Crippen MR) is 68.4 cm³/mol. The molecule has 2 saturated heterocycles. The Bertz CT molecular complexity index is 421. The van der Waals surface area contributed by atoms with Crippen LogP contribution in [0.1, 0.15) is 20.8 Å². The van der Waals surface area contributed by atoms with Gasteiger partial charge in [-0.1, -0.05) is 0 Å². The quantitative estimate of drug-likeness (QED) is 0.638. The molecule has 106 valence electrons. The Morgan fingerprint density at radius 1 is 1.42 bits per heavy atom. The lowest BCUT2D eigenvalue weighted by Gasteiger charge is -2.34. The molecule has 2 rings (SSSR count). The fourth-order valence-electron chi connectivity index (χ4n) is 2.40. The zero-order valence-corrected chi connectivity index (χ0v) is 11.5. The molecule has 0 spiro atoms. The second kappa shape index (κ2) is 4.80. The number of hydrogen-bond donors (Lipinski definition) is 2. The summed E-state index contributed by atoms with van der Waals surface area (Å²) < 4.78 is 0. The largest absolute Gasteiger partial charge is 0.336 e. The second-order valence-electron chi connectivity index (χ2n) is 5.59. The van der Waals surface area contributed by atoms with Gasteiger partial charge in [0.25, 0.3) is 5.91 Å². The van der Waals surface area contributed by atoms with Crippen molar-refractivity contribution < 1.29 is 14.4 Å². The van der Waals surface area contributed by atoms with E-state index in [1.807, 2.05) is 6.92 Å². The predicted octanol–water partition coefficient (Wildman–Crippen LogP) is -0.863. The van der Waals surface area contributed by atoms with Crippen molar-refractivity contribution in [2.45, 2.75) is 32.4 Å². The molecule has 7 nitrogen and oxygen atoms in total. The van der Waals surface area contributed by atoms with Gasteiger partial charge in [-0.15, -0.1) is 0 Å². The zero-order chi connectivity index (χ0) is 14.2. The molecule has 0 aromatic rings. The monoisotopic (exact) mass is 268 g/mol. The number of nitrogens with zero attached hydrogens (tertiary/aromatic N) is 2. The molecule has 0 radical (unpaired) electrons. The summed E-state index contributed by atoms with van der Waals surface area (Å²) in [5.41, 5.74) is -0.924. The summed E-state index contributed by atoms with van der Waals surface area (Å²) in [5.74, 6) is -0.538. The third-order valence-corrected chi connectivity index (χ3v) is 3.56. The summed E-state index contributed by atoms with van der Waals surface area (Å²) in [6.45, 7) is 7.10. The van der Waals surface area contributed by atoms with Gasteiger partial charge in [0.15, 0.2) is 0 Å². The average Bonchev–Trinajstić information content (AvgIpc) is 2.52. The Morgan fingerprint density at radius 2 is 2.11 bits per heavy atom. The molecule has 0 saturated carbocycles. The van der Waals surface area contributed by atoms with Gasteiger partial charge in [-0.3, -0.25) is 14.5 Å². The summed E-state index contributed by atoms with van der Waals surface area (Å²) in [6, 6.07) is -0.416. The molecule has 0 aromatic heterocycles. The molecule has 0 unspecified atom stereocenters. The number of carbonyl (C=O) groups is 3. The van der Waals surface area contributed by atoms with Gasteiger partial charge in [0, 0.05) is 25.7 Å². The third kappa shape index (κ3) is 2.56. The van der Waals surface area contributed by atoms with Crippen LogP contribution in [0.5, 0.6) is 0 Å². The molecule has 0 aromatic carbocycles. The molecule has 7 heteroatoms. The highest BCUT2D eigenvalue weighted by Gasteiger charge is 2.45. The minimum atomic E-state index is -0.924. The Balaban J connectivity index is 2.03. The van der Waals surface area contributed by atoms with Crippen molar-refractivity contribution in [2.75, 3.05) is 26.2 Å². The average molecular weight is 268 g/mol. The first-order valence-electron chi connectivity index (χ1n) is 6.47. The number of piperazine rings is 1. The minimum Gasteiger partial charge on any atom is -0.336 e. The zero-order valence-electron chi connectivity index (χ0n) is 11.5. The molecule has 1 atom stereocenters. The van der Waals surface area contributed by atoms with E-state index in [4.69, 9.17) is 0 Å². The Morgan fingerprint density at radius 3 is 2.63 bits per heavy atom. The molecule has 2 heterocycles. The Hall–Kier alpha value is -1.63. The first kappa shape index (κ1) is 13.8. The van der Waals surface area contributed by atoms with Gasteiger partial charge in [0.2, 0.25) is 5.91 Å². The number of amides is 4. The normalized spacial score (nSPS) is 26.6. The molecule has 0 bridgehead atoms. The van der Waals surface area contributed by atoms with Gasteiger partial charge >= 0.3 is 6.03 Å². The summed E-state index contributed by atoms with van der Waals surface area (Å²) in [4.78, 5) is 38.6. The smallest absolute Gasteiger partial charge is 0.325 e. The fraction of sp³-hybridized carbons (Fsp3) is 0.750. The topological polar surface area (TPSA) is 81.8 Å². The van der Waals surface area contributed by atoms with Crippen LogP contribution in [0, 0.1) is 0 Å². The van der Waals surface area contributed by atoms with E-state index in [1.54, 1.807) is 18.7 Å². The SMILES string of the molecule is C[C@H]1CNCCN1C(=O)CN1C(=O)NC(C)(C)C1=O. The van der Waals surface area contributed by atoms with E-state index < -0.39 is 11.6 Å². The van der Waals surface area contributed by atoms with Crippen molar-refractivity contribution in [1.82, 2.24) is 20.4 Å². The fourth-order valence-corrected chi connectivity index (χ4v) is 2.40. The van der Waals surface area contributed by atoms with Crippen molar-refractivity contribution in [2.24, 2.45) is 0 Å². The van der Waals surface area contributed by atoms with E-state index in [0.717, 1.165) is 18.0 Å². The number of hydrogen-bond acceptors (Lipinski definition) is 4. The van der Waals surface area contributed by atoms with Gasteiger partial charge in [-0.05, 0) is 20.8 Å². The van der Waals surface area contributed by atoms with Gasteiger partial charge < -0.3 is 15.5 Å². The molecule has 2 aliphatic heterocycles. The highest BCUT2D eigenvalue weighted by atomic mass is 16.2. The number of nitrogens with one attached hydrogen (secondary N) is 2. The van der Waals surface area contributed by atoms with E-state index in [1.165, 1.54) is 0 Å². The summed E-state index contributed by atoms with van der Waals surface area (Å²) in [7, 11) is 0. The highest BCUT2D eigenvalue weighted by molar-refractivity contribution is 6.08. The van der Waals surface area contributed by atoms with Gasteiger partial charge in [0.05, 0.1) is 0 Å². The van der Waals surface area contributed by atoms with Crippen molar-refractivity contribution in [3.63, 3.8) is 0 Å². The van der Waals surface area contributed by atoms with Crippen molar-refractivity contribution in [3.8, 4) is 0 Å². The van der Waals surface area contributed by atoms with Crippen molar-refractivity contribution in [3.05, 3.63) is 0 Å². The third-order valence-electron chi connectivity index (χ3n) is 3.56. The van der Waals surface area contributed by atoms with Crippen LogP contribution in [0.4, 0.5) is 4.79 Å². The van der Waals surface area contributed by atoms with Crippen molar-refractivity contribution >= 4 is 17.8 Å². The maximum Gasteiger partial charge on any atom is 0.325 e. The van der Waals surface area contributed by atoms with Crippen LogP contribution in [-0.4, -0.2) is 65.4 Å². The van der Waals surface area contributed by atoms with E-state index in [0.29, 0.717) is 6.54 Å². The van der Waals surface area contributed by atoms with Crippen LogP contribution in [0.15, 0.2) is 0 Å². The van der Waals surface area contributed by atoms with Gasteiger partial charge in [-0.2, -0.15) is 0 Å². The highest BCUT2D eigenvalue weighted by Crippen LogP contribution is 2.17. The summed E-state index contributed by atoms with van der Waals surface area (Å²) in [5, 5.41) is 5.76. The molecule has 0 aliphatic carbocycles. The van der Waals surface area contributed by atoms with Crippen LogP contribution in [0.25, 0.3) is 0 Å².